The van der Waals surface area contributed by atoms with Crippen molar-refractivity contribution >= 4 is 45.8 Å². The first kappa shape index (κ1) is 15.5. The van der Waals surface area contributed by atoms with E-state index in [9.17, 15) is 4.79 Å². The molecule has 0 radical (unpaired) electrons. The quantitative estimate of drug-likeness (QED) is 0.563. The van der Waals surface area contributed by atoms with Gasteiger partial charge in [-0.05, 0) is 47.2 Å². The van der Waals surface area contributed by atoms with Gasteiger partial charge in [-0.3, -0.25) is 4.79 Å². The molecule has 18 heavy (non-hydrogen) atoms. The van der Waals surface area contributed by atoms with Crippen LogP contribution < -0.4 is 10.6 Å². The van der Waals surface area contributed by atoms with Crippen molar-refractivity contribution in [2.75, 3.05) is 32.1 Å². The van der Waals surface area contributed by atoms with Gasteiger partial charge < -0.3 is 15.4 Å². The number of carbonyl (C=O) groups excluding carboxylic acids is 1. The zero-order valence-electron chi connectivity index (χ0n) is 10.1. The first-order chi connectivity index (χ1) is 8.63. The van der Waals surface area contributed by atoms with Gasteiger partial charge >= 0.3 is 0 Å². The SMILES string of the molecule is COCCCNC(=O)CNc1ccc(Cl)cc1I. The number of ether oxygens (including phenoxy) is 1. The molecule has 1 aromatic rings. The van der Waals surface area contributed by atoms with Crippen LogP contribution in [0.2, 0.25) is 5.02 Å². The van der Waals surface area contributed by atoms with Crippen LogP contribution in [0.25, 0.3) is 0 Å². The topological polar surface area (TPSA) is 50.4 Å². The van der Waals surface area contributed by atoms with Gasteiger partial charge in [0.1, 0.15) is 0 Å². The maximum Gasteiger partial charge on any atom is 0.239 e. The van der Waals surface area contributed by atoms with Crippen LogP contribution in [0.1, 0.15) is 6.42 Å². The second-order valence-corrected chi connectivity index (χ2v) is 5.27. The summed E-state index contributed by atoms with van der Waals surface area (Å²) in [5, 5.41) is 6.57. The average Bonchev–Trinajstić information content (AvgIpc) is 2.33. The fourth-order valence-corrected chi connectivity index (χ4v) is 2.38. The van der Waals surface area contributed by atoms with Crippen LogP contribution in [-0.4, -0.2) is 32.7 Å². The number of rotatable bonds is 7. The van der Waals surface area contributed by atoms with Crippen LogP contribution in [0, 0.1) is 3.57 Å². The maximum absolute atomic E-state index is 11.5. The minimum atomic E-state index is -0.0307. The van der Waals surface area contributed by atoms with E-state index in [0.717, 1.165) is 15.7 Å². The van der Waals surface area contributed by atoms with E-state index in [4.69, 9.17) is 16.3 Å². The Labute approximate surface area is 126 Å². The molecule has 4 nitrogen and oxygen atoms in total. The van der Waals surface area contributed by atoms with Crippen molar-refractivity contribution in [1.29, 1.82) is 0 Å². The molecule has 0 fully saturated rings. The lowest BCUT2D eigenvalue weighted by Gasteiger charge is -2.09. The highest BCUT2D eigenvalue weighted by molar-refractivity contribution is 14.1. The van der Waals surface area contributed by atoms with E-state index in [1.807, 2.05) is 12.1 Å². The summed E-state index contributed by atoms with van der Waals surface area (Å²) in [5.41, 5.74) is 0.909. The number of anilines is 1. The molecule has 0 aromatic heterocycles. The molecule has 0 aliphatic carbocycles. The average molecular weight is 383 g/mol. The number of methoxy groups -OCH3 is 1. The standard InChI is InChI=1S/C12H16ClIN2O2/c1-18-6-2-5-15-12(17)8-16-11-4-3-9(13)7-10(11)14/h3-4,7,16H,2,5-6,8H2,1H3,(H,15,17). The molecule has 0 heterocycles. The third-order valence-electron chi connectivity index (χ3n) is 2.22. The molecule has 0 saturated heterocycles. The monoisotopic (exact) mass is 382 g/mol. The van der Waals surface area contributed by atoms with Gasteiger partial charge in [0.25, 0.3) is 0 Å². The smallest absolute Gasteiger partial charge is 0.239 e. The van der Waals surface area contributed by atoms with Crippen molar-refractivity contribution in [3.05, 3.63) is 26.8 Å². The molecule has 0 atom stereocenters. The summed E-state index contributed by atoms with van der Waals surface area (Å²) in [4.78, 5) is 11.5. The fraction of sp³-hybridized carbons (Fsp3) is 0.417. The Balaban J connectivity index is 2.29. The van der Waals surface area contributed by atoms with Crippen molar-refractivity contribution in [3.63, 3.8) is 0 Å². The minimum Gasteiger partial charge on any atom is -0.385 e. The van der Waals surface area contributed by atoms with Gasteiger partial charge in [-0.2, -0.15) is 0 Å². The Morgan fingerprint density at radius 1 is 1.50 bits per heavy atom. The first-order valence-electron chi connectivity index (χ1n) is 5.58. The molecule has 0 unspecified atom stereocenters. The van der Waals surface area contributed by atoms with E-state index in [1.165, 1.54) is 0 Å². The second-order valence-electron chi connectivity index (χ2n) is 3.67. The highest BCUT2D eigenvalue weighted by Crippen LogP contribution is 2.21. The number of hydrogen-bond acceptors (Lipinski definition) is 3. The van der Waals surface area contributed by atoms with Crippen molar-refractivity contribution in [1.82, 2.24) is 5.32 Å². The lowest BCUT2D eigenvalue weighted by Crippen LogP contribution is -2.31. The Hall–Kier alpha value is -0.530. The molecule has 1 amide bonds. The van der Waals surface area contributed by atoms with E-state index in [-0.39, 0.29) is 12.5 Å². The normalized spacial score (nSPS) is 10.2. The first-order valence-corrected chi connectivity index (χ1v) is 7.03. The number of carbonyl (C=O) groups is 1. The van der Waals surface area contributed by atoms with E-state index < -0.39 is 0 Å². The number of hydrogen-bond donors (Lipinski definition) is 2. The van der Waals surface area contributed by atoms with E-state index in [2.05, 4.69) is 33.2 Å². The molecule has 0 saturated carbocycles. The minimum absolute atomic E-state index is 0.0307. The van der Waals surface area contributed by atoms with Gasteiger partial charge in [-0.15, -0.1) is 0 Å². The summed E-state index contributed by atoms with van der Waals surface area (Å²) < 4.78 is 5.89. The zero-order valence-corrected chi connectivity index (χ0v) is 13.0. The molecule has 100 valence electrons. The third kappa shape index (κ3) is 5.88. The van der Waals surface area contributed by atoms with Gasteiger partial charge in [-0.1, -0.05) is 11.6 Å². The number of amides is 1. The lowest BCUT2D eigenvalue weighted by molar-refractivity contribution is -0.119. The molecule has 6 heteroatoms. The van der Waals surface area contributed by atoms with E-state index in [1.54, 1.807) is 13.2 Å². The van der Waals surface area contributed by atoms with Gasteiger partial charge in [0, 0.05) is 34.5 Å². The Kier molecular flexibility index (Phi) is 7.38. The molecule has 0 spiro atoms. The van der Waals surface area contributed by atoms with Gasteiger partial charge in [-0.25, -0.2) is 0 Å². The lowest BCUT2D eigenvalue weighted by atomic mass is 10.3. The fourth-order valence-electron chi connectivity index (χ4n) is 1.32. The molecule has 0 aliphatic heterocycles. The summed E-state index contributed by atoms with van der Waals surface area (Å²) >= 11 is 8.03. The highest BCUT2D eigenvalue weighted by Gasteiger charge is 2.03. The van der Waals surface area contributed by atoms with Gasteiger partial charge in [0.05, 0.1) is 6.54 Å². The summed E-state index contributed by atoms with van der Waals surface area (Å²) in [6.07, 6.45) is 0.820. The molecule has 2 N–H and O–H groups in total. The van der Waals surface area contributed by atoms with Crippen LogP contribution in [0.4, 0.5) is 5.69 Å². The Bertz CT molecular complexity index is 402. The second kappa shape index (κ2) is 8.55. The predicted molar refractivity (Wildman–Crippen MR) is 82.2 cm³/mol. The number of nitrogens with one attached hydrogen (secondary N) is 2. The Morgan fingerprint density at radius 3 is 2.94 bits per heavy atom. The summed E-state index contributed by atoms with van der Waals surface area (Å²) in [5.74, 6) is -0.0307. The van der Waals surface area contributed by atoms with Gasteiger partial charge in [0.15, 0.2) is 0 Å². The van der Waals surface area contributed by atoms with E-state index in [0.29, 0.717) is 18.2 Å². The number of benzene rings is 1. The molecule has 0 bridgehead atoms. The highest BCUT2D eigenvalue weighted by atomic mass is 127. The summed E-state index contributed by atoms with van der Waals surface area (Å²) in [6, 6.07) is 5.51. The maximum atomic E-state index is 11.5. The number of halogens is 2. The molecule has 1 aromatic carbocycles. The van der Waals surface area contributed by atoms with Crippen molar-refractivity contribution < 1.29 is 9.53 Å². The largest absolute Gasteiger partial charge is 0.385 e. The molecular weight excluding hydrogens is 367 g/mol. The zero-order chi connectivity index (χ0) is 13.4. The van der Waals surface area contributed by atoms with Crippen LogP contribution in [0.15, 0.2) is 18.2 Å². The third-order valence-corrected chi connectivity index (χ3v) is 3.35. The van der Waals surface area contributed by atoms with Gasteiger partial charge in [0.2, 0.25) is 5.91 Å². The molecule has 0 aliphatic rings. The van der Waals surface area contributed by atoms with Crippen molar-refractivity contribution in [2.24, 2.45) is 0 Å². The summed E-state index contributed by atoms with van der Waals surface area (Å²) in [6.45, 7) is 1.54. The van der Waals surface area contributed by atoms with E-state index >= 15 is 0 Å². The van der Waals surface area contributed by atoms with Crippen LogP contribution >= 0.6 is 34.2 Å². The predicted octanol–water partition coefficient (Wildman–Crippen LogP) is 2.51. The van der Waals surface area contributed by atoms with Crippen LogP contribution in [-0.2, 0) is 9.53 Å². The molecule has 1 rings (SSSR count). The van der Waals surface area contributed by atoms with Crippen molar-refractivity contribution in [3.8, 4) is 0 Å². The van der Waals surface area contributed by atoms with Crippen molar-refractivity contribution in [2.45, 2.75) is 6.42 Å². The van der Waals surface area contributed by atoms with Crippen LogP contribution in [0.3, 0.4) is 0 Å². The Morgan fingerprint density at radius 2 is 2.28 bits per heavy atom. The van der Waals surface area contributed by atoms with Crippen LogP contribution in [0.5, 0.6) is 0 Å². The molecular formula is C12H16ClIN2O2. The summed E-state index contributed by atoms with van der Waals surface area (Å²) in [7, 11) is 1.64.